The molecule has 1 aromatic heterocycles. The number of hydrogen-bond acceptors (Lipinski definition) is 4. The minimum absolute atomic E-state index is 0.0308. The number of urea groups is 1. The van der Waals surface area contributed by atoms with Gasteiger partial charge in [0, 0.05) is 39.4 Å². The van der Waals surface area contributed by atoms with Gasteiger partial charge in [-0.2, -0.15) is 5.10 Å². The summed E-state index contributed by atoms with van der Waals surface area (Å²) in [4.78, 5) is 27.5. The zero-order valence-corrected chi connectivity index (χ0v) is 19.5. The number of aryl methyl sites for hydroxylation is 2. The quantitative estimate of drug-likeness (QED) is 0.687. The summed E-state index contributed by atoms with van der Waals surface area (Å²) in [7, 11) is 3.54. The number of carbonyl (C=O) groups is 2. The van der Waals surface area contributed by atoms with Crippen LogP contribution in [0, 0.1) is 6.92 Å². The second-order valence-electron chi connectivity index (χ2n) is 8.44. The van der Waals surface area contributed by atoms with Crippen LogP contribution in [-0.4, -0.2) is 65.0 Å². The Morgan fingerprint density at radius 2 is 1.97 bits per heavy atom. The Kier molecular flexibility index (Phi) is 7.69. The van der Waals surface area contributed by atoms with Crippen molar-refractivity contribution in [3.63, 3.8) is 0 Å². The van der Waals surface area contributed by atoms with Crippen LogP contribution in [0.25, 0.3) is 0 Å². The number of nitrogens with one attached hydrogen (secondary N) is 1. The molecule has 0 spiro atoms. The molecule has 0 saturated heterocycles. The molecule has 1 atom stereocenters. The van der Waals surface area contributed by atoms with Gasteiger partial charge >= 0.3 is 6.03 Å². The predicted molar refractivity (Wildman–Crippen MR) is 124 cm³/mol. The van der Waals surface area contributed by atoms with Gasteiger partial charge in [-0.25, -0.2) is 9.80 Å². The van der Waals surface area contributed by atoms with Crippen LogP contribution >= 0.6 is 0 Å². The lowest BCUT2D eigenvalue weighted by Crippen LogP contribution is -2.48. The summed E-state index contributed by atoms with van der Waals surface area (Å²) in [6.07, 6.45) is 2.58. The van der Waals surface area contributed by atoms with Gasteiger partial charge in [-0.1, -0.05) is 29.8 Å². The molecule has 0 bridgehead atoms. The number of hydrazone groups is 1. The summed E-state index contributed by atoms with van der Waals surface area (Å²) >= 11 is 0. The van der Waals surface area contributed by atoms with Crippen molar-refractivity contribution in [1.29, 1.82) is 0 Å². The Morgan fingerprint density at radius 1 is 1.25 bits per heavy atom. The van der Waals surface area contributed by atoms with Gasteiger partial charge in [-0.3, -0.25) is 4.79 Å². The highest BCUT2D eigenvalue weighted by molar-refractivity contribution is 6.02. The molecule has 2 heterocycles. The fourth-order valence-electron chi connectivity index (χ4n) is 3.73. The number of amides is 3. The van der Waals surface area contributed by atoms with Gasteiger partial charge in [-0.05, 0) is 38.5 Å². The van der Waals surface area contributed by atoms with Crippen molar-refractivity contribution in [3.8, 4) is 0 Å². The maximum atomic E-state index is 13.4. The Morgan fingerprint density at radius 3 is 2.56 bits per heavy atom. The summed E-state index contributed by atoms with van der Waals surface area (Å²) in [5.41, 5.74) is 4.01. The molecule has 32 heavy (non-hydrogen) atoms. The van der Waals surface area contributed by atoms with Crippen molar-refractivity contribution in [2.75, 3.05) is 26.8 Å². The Hall–Kier alpha value is -3.13. The van der Waals surface area contributed by atoms with Gasteiger partial charge in [0.2, 0.25) is 0 Å². The van der Waals surface area contributed by atoms with Crippen LogP contribution < -0.4 is 5.32 Å². The first-order valence-corrected chi connectivity index (χ1v) is 10.9. The third-order valence-electron chi connectivity index (χ3n) is 5.46. The molecule has 0 aliphatic carbocycles. The van der Waals surface area contributed by atoms with E-state index in [1.165, 1.54) is 9.91 Å². The first-order valence-electron chi connectivity index (χ1n) is 10.9. The minimum atomic E-state index is -0.289. The molecule has 8 heteroatoms. The largest absolute Gasteiger partial charge is 0.383 e. The smallest absolute Gasteiger partial charge is 0.318 e. The van der Waals surface area contributed by atoms with E-state index in [2.05, 4.69) is 5.32 Å². The van der Waals surface area contributed by atoms with Crippen LogP contribution in [0.4, 0.5) is 4.79 Å². The summed E-state index contributed by atoms with van der Waals surface area (Å²) in [5, 5.41) is 9.11. The molecule has 172 valence electrons. The molecule has 0 fully saturated rings. The molecule has 1 aromatic carbocycles. The molecule has 0 saturated carbocycles. The molecule has 1 unspecified atom stereocenters. The molecule has 1 aliphatic heterocycles. The van der Waals surface area contributed by atoms with E-state index in [4.69, 9.17) is 9.84 Å². The number of rotatable bonds is 8. The number of benzene rings is 1. The molecule has 3 rings (SSSR count). The second-order valence-corrected chi connectivity index (χ2v) is 8.44. The van der Waals surface area contributed by atoms with Crippen molar-refractivity contribution < 1.29 is 14.3 Å². The van der Waals surface area contributed by atoms with Crippen molar-refractivity contribution in [2.24, 2.45) is 12.1 Å². The molecule has 1 N–H and O–H groups in total. The van der Waals surface area contributed by atoms with E-state index in [9.17, 15) is 9.59 Å². The van der Waals surface area contributed by atoms with Gasteiger partial charge in [0.05, 0.1) is 24.1 Å². The summed E-state index contributed by atoms with van der Waals surface area (Å²) in [6.45, 7) is 6.40. The van der Waals surface area contributed by atoms with Crippen molar-refractivity contribution in [2.45, 2.75) is 39.3 Å². The molecule has 2 aromatic rings. The van der Waals surface area contributed by atoms with E-state index in [1.807, 2.05) is 75.0 Å². The van der Waals surface area contributed by atoms with Crippen LogP contribution in [0.2, 0.25) is 0 Å². The monoisotopic (exact) mass is 439 g/mol. The van der Waals surface area contributed by atoms with E-state index in [-0.39, 0.29) is 30.6 Å². The van der Waals surface area contributed by atoms with Crippen molar-refractivity contribution in [3.05, 3.63) is 59.4 Å². The highest BCUT2D eigenvalue weighted by atomic mass is 16.5. The first kappa shape index (κ1) is 23.5. The van der Waals surface area contributed by atoms with Crippen LogP contribution in [0.3, 0.4) is 0 Å². The first-order chi connectivity index (χ1) is 15.3. The number of ether oxygens (including phenoxy) is 1. The Labute approximate surface area is 189 Å². The fraction of sp³-hybridized carbons (Fsp3) is 0.458. The molecule has 3 amide bonds. The normalized spacial score (nSPS) is 15.8. The van der Waals surface area contributed by atoms with E-state index < -0.39 is 0 Å². The number of nitrogens with zero attached hydrogens (tertiary/aromatic N) is 4. The summed E-state index contributed by atoms with van der Waals surface area (Å²) in [6, 6.07) is 11.6. The maximum absolute atomic E-state index is 13.4. The lowest BCUT2D eigenvalue weighted by Gasteiger charge is -2.27. The van der Waals surface area contributed by atoms with Gasteiger partial charge < -0.3 is 19.5 Å². The standard InChI is InChI=1S/C24H33N5O3/c1-17(2)25-24(31)28(13-14-32-5)16-23(30)29-22(19-10-8-18(3)9-11-19)15-20(26-29)21-7-6-12-27(21)4/h6-12,17,22H,13-16H2,1-5H3,(H,25,31). The van der Waals surface area contributed by atoms with Gasteiger partial charge in [0.1, 0.15) is 6.54 Å². The van der Waals surface area contributed by atoms with E-state index in [0.29, 0.717) is 19.6 Å². The topological polar surface area (TPSA) is 79.2 Å². The fourth-order valence-corrected chi connectivity index (χ4v) is 3.73. The molecule has 8 nitrogen and oxygen atoms in total. The zero-order valence-electron chi connectivity index (χ0n) is 19.5. The minimum Gasteiger partial charge on any atom is -0.383 e. The SMILES string of the molecule is COCCN(CC(=O)N1N=C(c2cccn2C)CC1c1ccc(C)cc1)C(=O)NC(C)C. The van der Waals surface area contributed by atoms with Crippen molar-refractivity contribution in [1.82, 2.24) is 19.8 Å². The lowest BCUT2D eigenvalue weighted by molar-refractivity contribution is -0.133. The average Bonchev–Trinajstić information content (AvgIpc) is 3.37. The molecule has 0 radical (unpaired) electrons. The highest BCUT2D eigenvalue weighted by Gasteiger charge is 2.35. The van der Waals surface area contributed by atoms with Crippen LogP contribution in [0.1, 0.15) is 43.1 Å². The Bertz CT molecular complexity index is 964. The van der Waals surface area contributed by atoms with Crippen LogP contribution in [0.15, 0.2) is 47.7 Å². The van der Waals surface area contributed by atoms with E-state index in [0.717, 1.165) is 22.5 Å². The van der Waals surface area contributed by atoms with Crippen LogP contribution in [-0.2, 0) is 16.6 Å². The second kappa shape index (κ2) is 10.5. The lowest BCUT2D eigenvalue weighted by atomic mass is 9.99. The van der Waals surface area contributed by atoms with Gasteiger partial charge in [0.15, 0.2) is 0 Å². The maximum Gasteiger partial charge on any atom is 0.318 e. The van der Waals surface area contributed by atoms with E-state index >= 15 is 0 Å². The molecular weight excluding hydrogens is 406 g/mol. The summed E-state index contributed by atoms with van der Waals surface area (Å²) < 4.78 is 7.14. The predicted octanol–water partition coefficient (Wildman–Crippen LogP) is 3.08. The number of aromatic nitrogens is 1. The van der Waals surface area contributed by atoms with Gasteiger partial charge in [-0.15, -0.1) is 0 Å². The molecule has 1 aliphatic rings. The number of hydrogen-bond donors (Lipinski definition) is 1. The number of methoxy groups -OCH3 is 1. The zero-order chi connectivity index (χ0) is 23.3. The highest BCUT2D eigenvalue weighted by Crippen LogP contribution is 2.33. The molecular formula is C24H33N5O3. The van der Waals surface area contributed by atoms with Gasteiger partial charge in [0.25, 0.3) is 5.91 Å². The third-order valence-corrected chi connectivity index (χ3v) is 5.46. The van der Waals surface area contributed by atoms with Crippen LogP contribution in [0.5, 0.6) is 0 Å². The average molecular weight is 440 g/mol. The van der Waals surface area contributed by atoms with Crippen molar-refractivity contribution >= 4 is 17.6 Å². The summed E-state index contributed by atoms with van der Waals surface area (Å²) in [5.74, 6) is -0.227. The number of carbonyl (C=O) groups excluding carboxylic acids is 2. The Balaban J connectivity index is 1.87. The third kappa shape index (κ3) is 5.56. The van der Waals surface area contributed by atoms with E-state index in [1.54, 1.807) is 7.11 Å².